The van der Waals surface area contributed by atoms with Crippen LogP contribution in [0.1, 0.15) is 13.8 Å². The Labute approximate surface area is 95.6 Å². The second-order valence-corrected chi connectivity index (χ2v) is 4.16. The number of nitrogens with one attached hydrogen (secondary N) is 1. The molecule has 3 N–H and O–H groups in total. The average Bonchev–Trinajstić information content (AvgIpc) is 2.14. The van der Waals surface area contributed by atoms with Crippen LogP contribution in [0.15, 0.2) is 24.3 Å². The number of benzene rings is 1. The molecule has 3 nitrogen and oxygen atoms in total. The zero-order valence-corrected chi connectivity index (χ0v) is 9.80. The summed E-state index contributed by atoms with van der Waals surface area (Å²) in [5, 5.41) is 3.12. The Kier molecular flexibility index (Phi) is 4.37. The summed E-state index contributed by atoms with van der Waals surface area (Å²) in [6.45, 7) is 4.92. The zero-order valence-electron chi connectivity index (χ0n) is 8.99. The highest BCUT2D eigenvalue weighted by atomic mass is 32.1. The van der Waals surface area contributed by atoms with E-state index >= 15 is 0 Å². The zero-order chi connectivity index (χ0) is 11.3. The predicted molar refractivity (Wildman–Crippen MR) is 67.2 cm³/mol. The van der Waals surface area contributed by atoms with Crippen LogP contribution in [-0.4, -0.2) is 11.7 Å². The topological polar surface area (TPSA) is 47.3 Å². The molecule has 0 bridgehead atoms. The lowest BCUT2D eigenvalue weighted by atomic mass is 10.2. The summed E-state index contributed by atoms with van der Waals surface area (Å²) in [5.41, 5.74) is 6.23. The molecule has 15 heavy (non-hydrogen) atoms. The fourth-order valence-electron chi connectivity index (χ4n) is 1.07. The first kappa shape index (κ1) is 11.8. The standard InChI is InChI=1S/C11H16N2OS/c1-8(2)7-14-10-5-3-4-9(6-10)13-11(12)15/h3-6,8H,7H2,1-2H3,(H3,12,13,15). The Morgan fingerprint density at radius 2 is 2.27 bits per heavy atom. The van der Waals surface area contributed by atoms with Crippen LogP contribution >= 0.6 is 12.2 Å². The van der Waals surface area contributed by atoms with E-state index in [1.807, 2.05) is 24.3 Å². The van der Waals surface area contributed by atoms with Crippen LogP contribution in [-0.2, 0) is 0 Å². The third-order valence-corrected chi connectivity index (χ3v) is 1.79. The number of thiocarbonyl (C=S) groups is 1. The fraction of sp³-hybridized carbons (Fsp3) is 0.364. The fourth-order valence-corrected chi connectivity index (χ4v) is 1.19. The van der Waals surface area contributed by atoms with Gasteiger partial charge in [0.05, 0.1) is 6.61 Å². The summed E-state index contributed by atoms with van der Waals surface area (Å²) in [6, 6.07) is 7.58. The van der Waals surface area contributed by atoms with Crippen molar-refractivity contribution in [2.75, 3.05) is 11.9 Å². The first-order valence-corrected chi connectivity index (χ1v) is 5.28. The molecule has 0 radical (unpaired) electrons. The molecule has 1 rings (SSSR count). The van der Waals surface area contributed by atoms with Crippen LogP contribution in [0.3, 0.4) is 0 Å². The average molecular weight is 224 g/mol. The highest BCUT2D eigenvalue weighted by Crippen LogP contribution is 2.17. The van der Waals surface area contributed by atoms with E-state index in [1.54, 1.807) is 0 Å². The molecule has 0 fully saturated rings. The normalized spacial score (nSPS) is 10.1. The van der Waals surface area contributed by atoms with Gasteiger partial charge in [-0.15, -0.1) is 0 Å². The Hall–Kier alpha value is -1.29. The van der Waals surface area contributed by atoms with Crippen LogP contribution in [0.2, 0.25) is 0 Å². The first-order valence-electron chi connectivity index (χ1n) is 4.87. The maximum atomic E-state index is 5.57. The molecule has 0 aliphatic heterocycles. The summed E-state index contributed by atoms with van der Waals surface area (Å²) in [5.74, 6) is 1.34. The van der Waals surface area contributed by atoms with Crippen molar-refractivity contribution in [1.82, 2.24) is 0 Å². The van der Waals surface area contributed by atoms with Gasteiger partial charge in [0.1, 0.15) is 5.75 Å². The van der Waals surface area contributed by atoms with Crippen molar-refractivity contribution in [3.8, 4) is 5.75 Å². The smallest absolute Gasteiger partial charge is 0.168 e. The number of ether oxygens (including phenoxy) is 1. The van der Waals surface area contributed by atoms with Gasteiger partial charge in [0.2, 0.25) is 0 Å². The first-order chi connectivity index (χ1) is 7.08. The van der Waals surface area contributed by atoms with Gasteiger partial charge in [-0.3, -0.25) is 0 Å². The van der Waals surface area contributed by atoms with Crippen LogP contribution in [0.25, 0.3) is 0 Å². The van der Waals surface area contributed by atoms with E-state index in [0.29, 0.717) is 12.5 Å². The van der Waals surface area contributed by atoms with Crippen molar-refractivity contribution in [3.05, 3.63) is 24.3 Å². The van der Waals surface area contributed by atoms with E-state index in [1.165, 1.54) is 0 Å². The maximum absolute atomic E-state index is 5.57. The lowest BCUT2D eigenvalue weighted by Gasteiger charge is -2.10. The lowest BCUT2D eigenvalue weighted by molar-refractivity contribution is 0.271. The molecule has 0 spiro atoms. The number of anilines is 1. The molecule has 0 aromatic heterocycles. The van der Waals surface area contributed by atoms with Crippen molar-refractivity contribution in [3.63, 3.8) is 0 Å². The molecular weight excluding hydrogens is 208 g/mol. The monoisotopic (exact) mass is 224 g/mol. The second-order valence-electron chi connectivity index (χ2n) is 3.72. The molecule has 0 saturated carbocycles. The van der Waals surface area contributed by atoms with E-state index in [9.17, 15) is 0 Å². The summed E-state index contributed by atoms with van der Waals surface area (Å²) in [4.78, 5) is 0. The Morgan fingerprint density at radius 3 is 2.87 bits per heavy atom. The van der Waals surface area contributed by atoms with E-state index in [2.05, 4.69) is 19.2 Å². The summed E-state index contributed by atoms with van der Waals surface area (Å²) < 4.78 is 5.57. The molecular formula is C11H16N2OS. The number of nitrogens with two attached hydrogens (primary N) is 1. The maximum Gasteiger partial charge on any atom is 0.168 e. The van der Waals surface area contributed by atoms with Crippen LogP contribution in [0.4, 0.5) is 5.69 Å². The molecule has 4 heteroatoms. The van der Waals surface area contributed by atoms with Gasteiger partial charge in [0.15, 0.2) is 5.11 Å². The van der Waals surface area contributed by atoms with Gasteiger partial charge in [0.25, 0.3) is 0 Å². The van der Waals surface area contributed by atoms with Gasteiger partial charge in [-0.25, -0.2) is 0 Å². The SMILES string of the molecule is CC(C)COc1cccc(NC(N)=S)c1. The largest absolute Gasteiger partial charge is 0.493 e. The third kappa shape index (κ3) is 4.65. The van der Waals surface area contributed by atoms with E-state index in [4.69, 9.17) is 22.7 Å². The van der Waals surface area contributed by atoms with E-state index in [-0.39, 0.29) is 5.11 Å². The van der Waals surface area contributed by atoms with Gasteiger partial charge in [-0.05, 0) is 30.3 Å². The predicted octanol–water partition coefficient (Wildman–Crippen LogP) is 2.38. The number of hydrogen-bond donors (Lipinski definition) is 2. The quantitative estimate of drug-likeness (QED) is 0.771. The van der Waals surface area contributed by atoms with E-state index in [0.717, 1.165) is 11.4 Å². The summed E-state index contributed by atoms with van der Waals surface area (Å²) in [7, 11) is 0. The van der Waals surface area contributed by atoms with Crippen molar-refractivity contribution in [1.29, 1.82) is 0 Å². The van der Waals surface area contributed by atoms with Gasteiger partial charge in [0, 0.05) is 11.8 Å². The minimum absolute atomic E-state index is 0.260. The molecule has 0 aliphatic carbocycles. The van der Waals surface area contributed by atoms with Crippen LogP contribution < -0.4 is 15.8 Å². The Balaban J connectivity index is 2.61. The molecule has 0 atom stereocenters. The van der Waals surface area contributed by atoms with Gasteiger partial charge in [-0.2, -0.15) is 0 Å². The number of rotatable bonds is 4. The molecule has 0 unspecified atom stereocenters. The van der Waals surface area contributed by atoms with Crippen molar-refractivity contribution >= 4 is 23.0 Å². The molecule has 1 aromatic carbocycles. The van der Waals surface area contributed by atoms with Crippen LogP contribution in [0, 0.1) is 5.92 Å². The Morgan fingerprint density at radius 1 is 1.53 bits per heavy atom. The lowest BCUT2D eigenvalue weighted by Crippen LogP contribution is -2.18. The molecule has 82 valence electrons. The van der Waals surface area contributed by atoms with Gasteiger partial charge >= 0.3 is 0 Å². The van der Waals surface area contributed by atoms with Gasteiger partial charge < -0.3 is 15.8 Å². The van der Waals surface area contributed by atoms with Crippen molar-refractivity contribution in [2.45, 2.75) is 13.8 Å². The molecule has 0 saturated heterocycles. The molecule has 1 aromatic rings. The molecule has 0 aliphatic rings. The Bertz CT molecular complexity index is 339. The minimum atomic E-state index is 0.260. The number of hydrogen-bond acceptors (Lipinski definition) is 2. The summed E-state index contributed by atoms with van der Waals surface area (Å²) >= 11 is 4.75. The van der Waals surface area contributed by atoms with Crippen LogP contribution in [0.5, 0.6) is 5.75 Å². The second kappa shape index (κ2) is 5.56. The molecule has 0 heterocycles. The van der Waals surface area contributed by atoms with E-state index < -0.39 is 0 Å². The highest BCUT2D eigenvalue weighted by Gasteiger charge is 1.99. The third-order valence-electron chi connectivity index (χ3n) is 1.68. The highest BCUT2D eigenvalue weighted by molar-refractivity contribution is 7.80. The minimum Gasteiger partial charge on any atom is -0.493 e. The summed E-state index contributed by atoms with van der Waals surface area (Å²) in [6.07, 6.45) is 0. The van der Waals surface area contributed by atoms with Gasteiger partial charge in [-0.1, -0.05) is 19.9 Å². The van der Waals surface area contributed by atoms with Crippen molar-refractivity contribution in [2.24, 2.45) is 11.7 Å². The molecule has 0 amide bonds. The van der Waals surface area contributed by atoms with Crippen molar-refractivity contribution < 1.29 is 4.74 Å².